The zero-order valence-corrected chi connectivity index (χ0v) is 29.8. The maximum absolute atomic E-state index is 6.59. The lowest BCUT2D eigenvalue weighted by molar-refractivity contribution is 0.669. The molecule has 0 radical (unpaired) electrons. The van der Waals surface area contributed by atoms with Crippen LogP contribution in [0.5, 0.6) is 0 Å². The molecule has 0 saturated heterocycles. The second kappa shape index (κ2) is 12.4. The molecule has 0 N–H and O–H groups in total. The quantitative estimate of drug-likeness (QED) is 0.167. The highest BCUT2D eigenvalue weighted by atomic mass is 32.1. The van der Waals surface area contributed by atoms with Crippen molar-refractivity contribution < 1.29 is 4.42 Å². The Labute approximate surface area is 315 Å². The second-order valence-corrected chi connectivity index (χ2v) is 14.7. The summed E-state index contributed by atoms with van der Waals surface area (Å²) in [4.78, 5) is 10.2. The van der Waals surface area contributed by atoms with Gasteiger partial charge >= 0.3 is 0 Å². The molecule has 0 atom stereocenters. The van der Waals surface area contributed by atoms with E-state index >= 15 is 0 Å². The van der Waals surface area contributed by atoms with Crippen LogP contribution < -0.4 is 0 Å². The number of aromatic nitrogens is 2. The number of thiazole rings is 1. The molecule has 54 heavy (non-hydrogen) atoms. The first-order valence-electron chi connectivity index (χ1n) is 18.1. The zero-order valence-electron chi connectivity index (χ0n) is 29.0. The van der Waals surface area contributed by atoms with Gasteiger partial charge in [0, 0.05) is 43.6 Å². The summed E-state index contributed by atoms with van der Waals surface area (Å²) in [6.07, 6.45) is 0. The monoisotopic (exact) mass is 706 g/mol. The van der Waals surface area contributed by atoms with Crippen LogP contribution in [0.1, 0.15) is 0 Å². The molecule has 0 aliphatic heterocycles. The van der Waals surface area contributed by atoms with Crippen molar-refractivity contribution >= 4 is 65.2 Å². The summed E-state index contributed by atoms with van der Waals surface area (Å²) in [7, 11) is 0. The molecule has 0 spiro atoms. The Morgan fingerprint density at radius 1 is 0.370 bits per heavy atom. The van der Waals surface area contributed by atoms with Gasteiger partial charge in [-0.05, 0) is 64.2 Å². The average Bonchev–Trinajstić information content (AvgIpc) is 3.85. The Bertz CT molecular complexity index is 3200. The van der Waals surface area contributed by atoms with Crippen molar-refractivity contribution in [2.24, 2.45) is 0 Å². The fourth-order valence-corrected chi connectivity index (χ4v) is 8.89. The highest BCUT2D eigenvalue weighted by molar-refractivity contribution is 7.21. The second-order valence-electron chi connectivity index (χ2n) is 13.7. The van der Waals surface area contributed by atoms with E-state index in [0.29, 0.717) is 0 Å². The van der Waals surface area contributed by atoms with Crippen LogP contribution in [0.25, 0.3) is 109 Å². The standard InChI is InChI=1S/C50H30N2OS/c1-3-12-33(13-4-1)49-40-30-44-48(39-19-8-10-21-43(39)53-44)46(47(40)38-18-7-9-20-41(38)51-49)32-24-22-31(23-25-32)35-16-11-17-36(28-35)37-26-27-45-42(29-37)52-50(54-45)34-14-5-2-6-15-34/h1-30H. The highest BCUT2D eigenvalue weighted by Crippen LogP contribution is 2.46. The van der Waals surface area contributed by atoms with E-state index in [2.05, 4.69) is 164 Å². The molecule has 0 bridgehead atoms. The van der Waals surface area contributed by atoms with Crippen LogP contribution in [0.3, 0.4) is 0 Å². The van der Waals surface area contributed by atoms with Crippen LogP contribution >= 0.6 is 11.3 Å². The van der Waals surface area contributed by atoms with Crippen LogP contribution in [0.2, 0.25) is 0 Å². The molecule has 4 heteroatoms. The van der Waals surface area contributed by atoms with Crippen molar-refractivity contribution in [3.8, 4) is 55.2 Å². The Kier molecular flexibility index (Phi) is 7.04. The van der Waals surface area contributed by atoms with E-state index in [4.69, 9.17) is 14.4 Å². The molecule has 0 fully saturated rings. The fraction of sp³-hybridized carbons (Fsp3) is 0. The number of hydrogen-bond donors (Lipinski definition) is 0. The van der Waals surface area contributed by atoms with E-state index in [1.54, 1.807) is 11.3 Å². The average molecular weight is 707 g/mol. The first-order valence-corrected chi connectivity index (χ1v) is 19.0. The number of hydrogen-bond acceptors (Lipinski definition) is 4. The van der Waals surface area contributed by atoms with Gasteiger partial charge in [-0.2, -0.15) is 0 Å². The summed E-state index contributed by atoms with van der Waals surface area (Å²) in [6.45, 7) is 0. The normalized spacial score (nSPS) is 11.7. The number of rotatable bonds is 5. The van der Waals surface area contributed by atoms with Crippen LogP contribution in [0, 0.1) is 0 Å². The minimum absolute atomic E-state index is 0.859. The minimum Gasteiger partial charge on any atom is -0.456 e. The Hall–Kier alpha value is -6.88. The van der Waals surface area contributed by atoms with Crippen molar-refractivity contribution in [2.45, 2.75) is 0 Å². The Balaban J connectivity index is 1.06. The largest absolute Gasteiger partial charge is 0.456 e. The molecule has 0 unspecified atom stereocenters. The fourth-order valence-electron chi connectivity index (χ4n) is 7.94. The lowest BCUT2D eigenvalue weighted by atomic mass is 9.89. The van der Waals surface area contributed by atoms with E-state index < -0.39 is 0 Å². The van der Waals surface area contributed by atoms with Crippen LogP contribution in [0.15, 0.2) is 186 Å². The van der Waals surface area contributed by atoms with Gasteiger partial charge in [-0.3, -0.25) is 0 Å². The van der Waals surface area contributed by atoms with E-state index in [-0.39, 0.29) is 0 Å². The molecule has 0 aliphatic carbocycles. The van der Waals surface area contributed by atoms with Gasteiger partial charge in [0.1, 0.15) is 16.2 Å². The third kappa shape index (κ3) is 5.03. The lowest BCUT2D eigenvalue weighted by Crippen LogP contribution is -1.93. The van der Waals surface area contributed by atoms with Gasteiger partial charge in [-0.15, -0.1) is 11.3 Å². The van der Waals surface area contributed by atoms with Crippen molar-refractivity contribution in [3.63, 3.8) is 0 Å². The first kappa shape index (κ1) is 30.7. The molecule has 3 nitrogen and oxygen atoms in total. The highest BCUT2D eigenvalue weighted by Gasteiger charge is 2.21. The first-order chi connectivity index (χ1) is 26.7. The molecular weight excluding hydrogens is 677 g/mol. The minimum atomic E-state index is 0.859. The molecule has 0 aliphatic rings. The van der Waals surface area contributed by atoms with Crippen molar-refractivity contribution in [1.29, 1.82) is 0 Å². The lowest BCUT2D eigenvalue weighted by Gasteiger charge is -2.16. The summed E-state index contributed by atoms with van der Waals surface area (Å²) in [5.74, 6) is 0. The topological polar surface area (TPSA) is 38.9 Å². The molecule has 3 heterocycles. The summed E-state index contributed by atoms with van der Waals surface area (Å²) < 4.78 is 7.78. The van der Waals surface area contributed by atoms with E-state index in [9.17, 15) is 0 Å². The van der Waals surface area contributed by atoms with E-state index in [1.807, 2.05) is 18.2 Å². The smallest absolute Gasteiger partial charge is 0.136 e. The van der Waals surface area contributed by atoms with Crippen LogP contribution in [-0.2, 0) is 0 Å². The van der Waals surface area contributed by atoms with Crippen molar-refractivity contribution in [2.75, 3.05) is 0 Å². The molecule has 0 saturated carbocycles. The Morgan fingerprint density at radius 2 is 1.00 bits per heavy atom. The molecule has 252 valence electrons. The summed E-state index contributed by atoms with van der Waals surface area (Å²) in [6, 6.07) is 64.4. The Morgan fingerprint density at radius 3 is 1.81 bits per heavy atom. The summed E-state index contributed by atoms with van der Waals surface area (Å²) in [5.41, 5.74) is 13.9. The molecule has 11 rings (SSSR count). The van der Waals surface area contributed by atoms with Crippen LogP contribution in [0.4, 0.5) is 0 Å². The SMILES string of the molecule is c1ccc(-c2nc3cc(-c4cccc(-c5ccc(-c6c7c(cc8c(-c9ccccc9)nc9ccccc9c68)oc6ccccc67)cc5)c4)ccc3s2)cc1. The number of para-hydroxylation sites is 2. The van der Waals surface area contributed by atoms with Gasteiger partial charge in [-0.25, -0.2) is 9.97 Å². The van der Waals surface area contributed by atoms with Crippen molar-refractivity contribution in [3.05, 3.63) is 182 Å². The van der Waals surface area contributed by atoms with Gasteiger partial charge in [0.25, 0.3) is 0 Å². The summed E-state index contributed by atoms with van der Waals surface area (Å²) in [5, 5.41) is 6.66. The maximum Gasteiger partial charge on any atom is 0.136 e. The van der Waals surface area contributed by atoms with E-state index in [1.165, 1.54) is 21.2 Å². The van der Waals surface area contributed by atoms with Gasteiger partial charge in [0.15, 0.2) is 0 Å². The molecular formula is C50H30N2OS. The zero-order chi connectivity index (χ0) is 35.6. The van der Waals surface area contributed by atoms with Gasteiger partial charge < -0.3 is 4.42 Å². The third-order valence-electron chi connectivity index (χ3n) is 10.5. The van der Waals surface area contributed by atoms with Crippen LogP contribution in [-0.4, -0.2) is 9.97 Å². The third-order valence-corrected chi connectivity index (χ3v) is 11.6. The molecule has 3 aromatic heterocycles. The van der Waals surface area contributed by atoms with Gasteiger partial charge in [-0.1, -0.05) is 146 Å². The number of benzene rings is 8. The van der Waals surface area contributed by atoms with E-state index in [0.717, 1.165) is 87.8 Å². The predicted octanol–water partition coefficient (Wildman–Crippen LogP) is 14.2. The predicted molar refractivity (Wildman–Crippen MR) is 227 cm³/mol. The number of pyridine rings is 1. The number of nitrogens with zero attached hydrogens (tertiary/aromatic N) is 2. The van der Waals surface area contributed by atoms with Gasteiger partial charge in [0.05, 0.1) is 21.4 Å². The van der Waals surface area contributed by atoms with Crippen molar-refractivity contribution in [1.82, 2.24) is 9.97 Å². The molecule has 8 aromatic carbocycles. The number of fused-ring (bicyclic) bond motifs is 7. The molecule has 11 aromatic rings. The molecule has 0 amide bonds. The summed E-state index contributed by atoms with van der Waals surface area (Å²) >= 11 is 1.74. The maximum atomic E-state index is 6.59. The van der Waals surface area contributed by atoms with Gasteiger partial charge in [0.2, 0.25) is 0 Å². The number of furan rings is 1.